The van der Waals surface area contributed by atoms with E-state index in [0.717, 1.165) is 31.5 Å². The Labute approximate surface area is 139 Å². The Hall–Kier alpha value is -2.02. The number of benzene rings is 1. The van der Waals surface area contributed by atoms with Crippen LogP contribution in [0, 0.1) is 17.6 Å². The second kappa shape index (κ2) is 6.84. The molecule has 0 saturated carbocycles. The zero-order valence-electron chi connectivity index (χ0n) is 13.6. The summed E-state index contributed by atoms with van der Waals surface area (Å²) in [5, 5.41) is 3.08. The number of carbonyl (C=O) groups is 2. The number of hydrogen-bond donors (Lipinski definition) is 1. The zero-order valence-corrected chi connectivity index (χ0v) is 13.6. The van der Waals surface area contributed by atoms with Gasteiger partial charge in [-0.1, -0.05) is 0 Å². The van der Waals surface area contributed by atoms with Gasteiger partial charge in [-0.2, -0.15) is 0 Å². The van der Waals surface area contributed by atoms with Crippen molar-refractivity contribution in [1.29, 1.82) is 0 Å². The first kappa shape index (κ1) is 16.8. The van der Waals surface area contributed by atoms with E-state index in [-0.39, 0.29) is 36.5 Å². The van der Waals surface area contributed by atoms with Crippen molar-refractivity contribution in [3.8, 4) is 0 Å². The van der Waals surface area contributed by atoms with Crippen LogP contribution in [-0.2, 0) is 9.59 Å². The molecule has 2 fully saturated rings. The number of rotatable bonds is 4. The minimum atomic E-state index is -0.786. The van der Waals surface area contributed by atoms with Gasteiger partial charge in [0.15, 0.2) is 0 Å². The number of nitrogens with zero attached hydrogens (tertiary/aromatic N) is 2. The smallest absolute Gasteiger partial charge is 0.228 e. The normalized spacial score (nSPS) is 24.0. The lowest BCUT2D eigenvalue weighted by atomic mass is 10.1. The predicted octanol–water partition coefficient (Wildman–Crippen LogP) is 1.53. The monoisotopic (exact) mass is 337 g/mol. The van der Waals surface area contributed by atoms with Gasteiger partial charge in [0, 0.05) is 38.2 Å². The number of nitrogens with one attached hydrogen (secondary N) is 1. The van der Waals surface area contributed by atoms with E-state index in [1.54, 1.807) is 0 Å². The molecule has 0 bridgehead atoms. The summed E-state index contributed by atoms with van der Waals surface area (Å²) in [5.41, 5.74) is 0.0323. The summed E-state index contributed by atoms with van der Waals surface area (Å²) in [4.78, 5) is 28.1. The van der Waals surface area contributed by atoms with E-state index in [9.17, 15) is 18.4 Å². The Bertz CT molecular complexity index is 653. The fourth-order valence-electron chi connectivity index (χ4n) is 3.61. The standard InChI is InChI=1S/C17H21F2N3O2/c1-20-9-13-3-2-6-21(13)17(24)11-7-16(23)22(10-11)15-5-4-12(18)8-14(15)19/h4-5,8,11,13,20H,2-3,6-7,9-10H2,1H3/t11-,13+/m0/s1. The highest BCUT2D eigenvalue weighted by Crippen LogP contribution is 2.30. The number of amides is 2. The second-order valence-corrected chi connectivity index (χ2v) is 6.39. The number of likely N-dealkylation sites (N-methyl/N-ethyl adjacent to an activating group) is 1. The van der Waals surface area contributed by atoms with E-state index in [4.69, 9.17) is 0 Å². The molecule has 2 aliphatic heterocycles. The molecule has 2 aliphatic rings. The van der Waals surface area contributed by atoms with Gasteiger partial charge in [-0.25, -0.2) is 8.78 Å². The average molecular weight is 337 g/mol. The Kier molecular flexibility index (Phi) is 4.80. The van der Waals surface area contributed by atoms with E-state index < -0.39 is 17.6 Å². The van der Waals surface area contributed by atoms with Gasteiger partial charge in [-0.05, 0) is 32.0 Å². The summed E-state index contributed by atoms with van der Waals surface area (Å²) in [6.45, 7) is 1.56. The van der Waals surface area contributed by atoms with E-state index in [2.05, 4.69) is 5.32 Å². The van der Waals surface area contributed by atoms with Gasteiger partial charge >= 0.3 is 0 Å². The van der Waals surface area contributed by atoms with Gasteiger partial charge in [0.25, 0.3) is 0 Å². The number of likely N-dealkylation sites (tertiary alicyclic amines) is 1. The molecular formula is C17H21F2N3O2. The lowest BCUT2D eigenvalue weighted by molar-refractivity contribution is -0.136. The first-order chi connectivity index (χ1) is 11.5. The van der Waals surface area contributed by atoms with E-state index in [1.165, 1.54) is 11.0 Å². The molecule has 2 saturated heterocycles. The number of halogens is 2. The molecule has 1 aromatic rings. The third-order valence-corrected chi connectivity index (χ3v) is 4.77. The topological polar surface area (TPSA) is 52.7 Å². The molecule has 24 heavy (non-hydrogen) atoms. The van der Waals surface area contributed by atoms with Crippen LogP contribution in [0.1, 0.15) is 19.3 Å². The SMILES string of the molecule is CNC[C@H]1CCCN1C(=O)[C@H]1CC(=O)N(c2ccc(F)cc2F)C1. The molecule has 3 rings (SSSR count). The molecule has 7 heteroatoms. The molecule has 130 valence electrons. The van der Waals surface area contributed by atoms with Gasteiger partial charge in [0.2, 0.25) is 11.8 Å². The maximum atomic E-state index is 13.9. The van der Waals surface area contributed by atoms with Crippen LogP contribution in [-0.4, -0.2) is 49.4 Å². The highest BCUT2D eigenvalue weighted by Gasteiger charge is 2.40. The summed E-state index contributed by atoms with van der Waals surface area (Å²) in [6, 6.07) is 3.26. The van der Waals surface area contributed by atoms with E-state index >= 15 is 0 Å². The summed E-state index contributed by atoms with van der Waals surface area (Å²) in [7, 11) is 1.85. The van der Waals surface area contributed by atoms with Crippen LogP contribution in [0.3, 0.4) is 0 Å². The van der Waals surface area contributed by atoms with Crippen molar-refractivity contribution in [3.05, 3.63) is 29.8 Å². The molecule has 5 nitrogen and oxygen atoms in total. The summed E-state index contributed by atoms with van der Waals surface area (Å²) in [6.07, 6.45) is 1.97. The minimum absolute atomic E-state index is 0.0323. The molecule has 1 aromatic carbocycles. The van der Waals surface area contributed by atoms with Gasteiger partial charge in [-0.3, -0.25) is 9.59 Å². The fraction of sp³-hybridized carbons (Fsp3) is 0.529. The number of carbonyl (C=O) groups excluding carboxylic acids is 2. The highest BCUT2D eigenvalue weighted by atomic mass is 19.1. The lowest BCUT2D eigenvalue weighted by Gasteiger charge is -2.27. The van der Waals surface area contributed by atoms with Crippen LogP contribution < -0.4 is 10.2 Å². The van der Waals surface area contributed by atoms with Crippen molar-refractivity contribution >= 4 is 17.5 Å². The Morgan fingerprint density at radius 3 is 2.88 bits per heavy atom. The Morgan fingerprint density at radius 1 is 1.38 bits per heavy atom. The third-order valence-electron chi connectivity index (χ3n) is 4.77. The van der Waals surface area contributed by atoms with Crippen molar-refractivity contribution < 1.29 is 18.4 Å². The maximum absolute atomic E-state index is 13.9. The largest absolute Gasteiger partial charge is 0.338 e. The van der Waals surface area contributed by atoms with Gasteiger partial charge in [0.05, 0.1) is 11.6 Å². The van der Waals surface area contributed by atoms with Crippen LogP contribution in [0.15, 0.2) is 18.2 Å². The van der Waals surface area contributed by atoms with Crippen molar-refractivity contribution in [1.82, 2.24) is 10.2 Å². The predicted molar refractivity (Wildman–Crippen MR) is 85.5 cm³/mol. The molecule has 0 unspecified atom stereocenters. The molecule has 2 atom stereocenters. The van der Waals surface area contributed by atoms with Crippen molar-refractivity contribution in [2.75, 3.05) is 31.6 Å². The van der Waals surface area contributed by atoms with Crippen LogP contribution >= 0.6 is 0 Å². The van der Waals surface area contributed by atoms with Crippen LogP contribution in [0.4, 0.5) is 14.5 Å². The summed E-state index contributed by atoms with van der Waals surface area (Å²) in [5.74, 6) is -2.30. The van der Waals surface area contributed by atoms with Gasteiger partial charge in [-0.15, -0.1) is 0 Å². The molecular weight excluding hydrogens is 316 g/mol. The molecule has 2 heterocycles. The molecule has 0 radical (unpaired) electrons. The van der Waals surface area contributed by atoms with E-state index in [0.29, 0.717) is 6.54 Å². The molecule has 0 spiro atoms. The summed E-state index contributed by atoms with van der Waals surface area (Å²) >= 11 is 0. The first-order valence-corrected chi connectivity index (χ1v) is 8.21. The highest BCUT2D eigenvalue weighted by molar-refractivity contribution is 6.00. The minimum Gasteiger partial charge on any atom is -0.338 e. The van der Waals surface area contributed by atoms with Gasteiger partial charge < -0.3 is 15.1 Å². The molecule has 2 amide bonds. The quantitative estimate of drug-likeness (QED) is 0.907. The number of hydrogen-bond acceptors (Lipinski definition) is 3. The van der Waals surface area contributed by atoms with Crippen molar-refractivity contribution in [2.45, 2.75) is 25.3 Å². The lowest BCUT2D eigenvalue weighted by Crippen LogP contribution is -2.44. The van der Waals surface area contributed by atoms with Crippen LogP contribution in [0.2, 0.25) is 0 Å². The third kappa shape index (κ3) is 3.13. The van der Waals surface area contributed by atoms with Crippen LogP contribution in [0.5, 0.6) is 0 Å². The van der Waals surface area contributed by atoms with E-state index in [1.807, 2.05) is 11.9 Å². The average Bonchev–Trinajstić information content (AvgIpc) is 3.14. The Balaban J connectivity index is 1.73. The maximum Gasteiger partial charge on any atom is 0.228 e. The zero-order chi connectivity index (χ0) is 17.3. The molecule has 1 N–H and O–H groups in total. The first-order valence-electron chi connectivity index (χ1n) is 8.21. The molecule has 0 aliphatic carbocycles. The van der Waals surface area contributed by atoms with Gasteiger partial charge in [0.1, 0.15) is 11.6 Å². The second-order valence-electron chi connectivity index (χ2n) is 6.39. The number of anilines is 1. The Morgan fingerprint density at radius 2 is 2.17 bits per heavy atom. The molecule has 0 aromatic heterocycles. The van der Waals surface area contributed by atoms with Crippen molar-refractivity contribution in [2.24, 2.45) is 5.92 Å². The fourth-order valence-corrected chi connectivity index (χ4v) is 3.61. The summed E-state index contributed by atoms with van der Waals surface area (Å²) < 4.78 is 27.0. The van der Waals surface area contributed by atoms with Crippen LogP contribution in [0.25, 0.3) is 0 Å². The van der Waals surface area contributed by atoms with Crippen molar-refractivity contribution in [3.63, 3.8) is 0 Å².